The Kier molecular flexibility index (Phi) is 8.33. The Hall–Kier alpha value is -2.63. The minimum Gasteiger partial charge on any atom is -0.385 e. The van der Waals surface area contributed by atoms with Crippen molar-refractivity contribution in [2.75, 3.05) is 33.4 Å². The van der Waals surface area contributed by atoms with E-state index in [1.165, 1.54) is 29.4 Å². The Balaban J connectivity index is 1.69. The van der Waals surface area contributed by atoms with E-state index in [9.17, 15) is 22.0 Å². The number of nitrogens with zero attached hydrogens (tertiary/aromatic N) is 2. The van der Waals surface area contributed by atoms with Gasteiger partial charge in [0.15, 0.2) is 10.7 Å². The van der Waals surface area contributed by atoms with Crippen LogP contribution >= 0.6 is 0 Å². The SMILES string of the molecule is COCCCNC(=O)C1CCN(S(=O)(=O)c2c(C)noc2/C=C/c2ccc(F)cc2F)CC1. The molecule has 1 aromatic carbocycles. The van der Waals surface area contributed by atoms with E-state index in [-0.39, 0.29) is 46.8 Å². The van der Waals surface area contributed by atoms with Gasteiger partial charge < -0.3 is 14.6 Å². The second-order valence-electron chi connectivity index (χ2n) is 7.78. The molecule has 1 saturated heterocycles. The van der Waals surface area contributed by atoms with E-state index in [1.54, 1.807) is 7.11 Å². The van der Waals surface area contributed by atoms with Crippen LogP contribution in [0.3, 0.4) is 0 Å². The van der Waals surface area contributed by atoms with E-state index in [4.69, 9.17) is 9.26 Å². The number of methoxy groups -OCH3 is 1. The summed E-state index contributed by atoms with van der Waals surface area (Å²) in [5, 5.41) is 6.61. The number of aryl methyl sites for hydroxylation is 1. The lowest BCUT2D eigenvalue weighted by Crippen LogP contribution is -2.43. The molecule has 0 radical (unpaired) electrons. The molecule has 11 heteroatoms. The van der Waals surface area contributed by atoms with Gasteiger partial charge in [-0.1, -0.05) is 5.16 Å². The van der Waals surface area contributed by atoms with Crippen LogP contribution in [0, 0.1) is 24.5 Å². The van der Waals surface area contributed by atoms with Gasteiger partial charge in [-0.15, -0.1) is 0 Å². The highest BCUT2D eigenvalue weighted by Gasteiger charge is 2.35. The maximum atomic E-state index is 13.9. The summed E-state index contributed by atoms with van der Waals surface area (Å²) in [6.07, 6.45) is 4.09. The lowest BCUT2D eigenvalue weighted by Gasteiger charge is -2.30. The second kappa shape index (κ2) is 11.0. The number of ether oxygens (including phenoxy) is 1. The molecule has 180 valence electrons. The highest BCUT2D eigenvalue weighted by atomic mass is 32.2. The third-order valence-corrected chi connectivity index (χ3v) is 7.51. The molecule has 2 aromatic rings. The molecule has 0 bridgehead atoms. The molecule has 1 N–H and O–H groups in total. The Morgan fingerprint density at radius 3 is 2.70 bits per heavy atom. The van der Waals surface area contributed by atoms with Crippen LogP contribution in [0.25, 0.3) is 12.2 Å². The summed E-state index contributed by atoms with van der Waals surface area (Å²) in [6.45, 7) is 2.93. The van der Waals surface area contributed by atoms with Gasteiger partial charge in [0.05, 0.1) is 0 Å². The van der Waals surface area contributed by atoms with Gasteiger partial charge >= 0.3 is 0 Å². The summed E-state index contributed by atoms with van der Waals surface area (Å²) in [5.41, 5.74) is 0.248. The van der Waals surface area contributed by atoms with Crippen LogP contribution in [0.4, 0.5) is 8.78 Å². The number of nitrogens with one attached hydrogen (secondary N) is 1. The standard InChI is InChI=1S/C22H27F2N3O5S/c1-15-21(20(32-26-15)7-5-16-4-6-18(23)14-19(16)24)33(29,30)27-11-8-17(9-12-27)22(28)25-10-3-13-31-2/h4-7,14,17H,3,8-13H2,1-2H3,(H,25,28)/b7-5+. The van der Waals surface area contributed by atoms with Crippen molar-refractivity contribution >= 4 is 28.1 Å². The number of sulfonamides is 1. The van der Waals surface area contributed by atoms with Crippen molar-refractivity contribution in [2.45, 2.75) is 31.1 Å². The average molecular weight is 484 g/mol. The Morgan fingerprint density at radius 1 is 1.30 bits per heavy atom. The monoisotopic (exact) mass is 483 g/mol. The predicted molar refractivity (Wildman–Crippen MR) is 118 cm³/mol. The zero-order valence-corrected chi connectivity index (χ0v) is 19.3. The Labute approximate surface area is 191 Å². The fourth-order valence-electron chi connectivity index (χ4n) is 3.66. The predicted octanol–water partition coefficient (Wildman–Crippen LogP) is 2.99. The van der Waals surface area contributed by atoms with E-state index >= 15 is 0 Å². The molecule has 1 fully saturated rings. The molecule has 1 aliphatic heterocycles. The van der Waals surface area contributed by atoms with Gasteiger partial charge in [0.1, 0.15) is 17.3 Å². The van der Waals surface area contributed by atoms with Gasteiger partial charge in [0, 0.05) is 50.9 Å². The number of amides is 1. The van der Waals surface area contributed by atoms with Crippen LogP contribution in [0.15, 0.2) is 27.6 Å². The summed E-state index contributed by atoms with van der Waals surface area (Å²) in [4.78, 5) is 12.2. The molecule has 2 heterocycles. The van der Waals surface area contributed by atoms with Gasteiger partial charge in [0.2, 0.25) is 15.9 Å². The van der Waals surface area contributed by atoms with Crippen molar-refractivity contribution in [1.29, 1.82) is 0 Å². The number of hydrogen-bond donors (Lipinski definition) is 1. The van der Waals surface area contributed by atoms with Crippen LogP contribution in [-0.2, 0) is 19.6 Å². The normalized spacial score (nSPS) is 15.9. The average Bonchev–Trinajstić information content (AvgIpc) is 3.17. The van der Waals surface area contributed by atoms with Gasteiger partial charge in [-0.3, -0.25) is 4.79 Å². The lowest BCUT2D eigenvalue weighted by atomic mass is 9.97. The van der Waals surface area contributed by atoms with Crippen LogP contribution in [0.2, 0.25) is 0 Å². The molecule has 0 saturated carbocycles. The van der Waals surface area contributed by atoms with Crippen molar-refractivity contribution in [3.63, 3.8) is 0 Å². The zero-order chi connectivity index (χ0) is 24.0. The van der Waals surface area contributed by atoms with Gasteiger partial charge in [-0.2, -0.15) is 4.31 Å². The molecule has 8 nitrogen and oxygen atoms in total. The quantitative estimate of drug-likeness (QED) is 0.551. The number of carbonyl (C=O) groups is 1. The smallest absolute Gasteiger partial charge is 0.248 e. The molecule has 0 spiro atoms. The van der Waals surface area contributed by atoms with E-state index in [2.05, 4.69) is 10.5 Å². The molecular weight excluding hydrogens is 456 g/mol. The van der Waals surface area contributed by atoms with Crippen LogP contribution in [0.1, 0.15) is 36.3 Å². The number of benzene rings is 1. The van der Waals surface area contributed by atoms with Crippen molar-refractivity contribution in [3.05, 3.63) is 46.9 Å². The van der Waals surface area contributed by atoms with E-state index in [0.29, 0.717) is 32.4 Å². The molecule has 1 amide bonds. The molecular formula is C22H27F2N3O5S. The Bertz CT molecular complexity index is 1110. The third-order valence-electron chi connectivity index (χ3n) is 5.46. The summed E-state index contributed by atoms with van der Waals surface area (Å²) < 4.78 is 65.0. The minimum atomic E-state index is -3.95. The number of carbonyl (C=O) groups excluding carboxylic acids is 1. The first-order chi connectivity index (χ1) is 15.7. The molecule has 3 rings (SSSR count). The van der Waals surface area contributed by atoms with Crippen LogP contribution in [0.5, 0.6) is 0 Å². The van der Waals surface area contributed by atoms with E-state index in [1.807, 2.05) is 0 Å². The largest absolute Gasteiger partial charge is 0.385 e. The van der Waals surface area contributed by atoms with Crippen molar-refractivity contribution in [2.24, 2.45) is 5.92 Å². The van der Waals surface area contributed by atoms with E-state index < -0.39 is 21.7 Å². The molecule has 1 aliphatic rings. The summed E-state index contributed by atoms with van der Waals surface area (Å²) in [6, 6.07) is 3.08. The first kappa shape index (κ1) is 25.0. The summed E-state index contributed by atoms with van der Waals surface area (Å²) >= 11 is 0. The van der Waals surface area contributed by atoms with Gasteiger partial charge in [-0.25, -0.2) is 17.2 Å². The maximum Gasteiger partial charge on any atom is 0.248 e. The molecule has 1 aromatic heterocycles. The number of halogens is 2. The summed E-state index contributed by atoms with van der Waals surface area (Å²) in [7, 11) is -2.36. The van der Waals surface area contributed by atoms with Crippen LogP contribution < -0.4 is 5.32 Å². The number of hydrogen-bond acceptors (Lipinski definition) is 6. The fourth-order valence-corrected chi connectivity index (χ4v) is 5.38. The second-order valence-corrected chi connectivity index (χ2v) is 9.65. The zero-order valence-electron chi connectivity index (χ0n) is 18.5. The topological polar surface area (TPSA) is 102 Å². The van der Waals surface area contributed by atoms with Crippen molar-refractivity contribution in [3.8, 4) is 0 Å². The number of aromatic nitrogens is 1. The Morgan fingerprint density at radius 2 is 2.03 bits per heavy atom. The van der Waals surface area contributed by atoms with Crippen molar-refractivity contribution < 1.29 is 31.3 Å². The van der Waals surface area contributed by atoms with Crippen molar-refractivity contribution in [1.82, 2.24) is 14.8 Å². The van der Waals surface area contributed by atoms with Gasteiger partial charge in [0.25, 0.3) is 0 Å². The third kappa shape index (κ3) is 6.04. The highest BCUT2D eigenvalue weighted by molar-refractivity contribution is 7.89. The fraction of sp³-hybridized carbons (Fsp3) is 0.455. The molecule has 0 atom stereocenters. The minimum absolute atomic E-state index is 0.0470. The number of rotatable bonds is 9. The molecule has 0 aliphatic carbocycles. The van der Waals surface area contributed by atoms with Gasteiger partial charge in [-0.05, 0) is 50.5 Å². The first-order valence-corrected chi connectivity index (χ1v) is 12.0. The summed E-state index contributed by atoms with van der Waals surface area (Å²) in [5.74, 6) is -1.89. The lowest BCUT2D eigenvalue weighted by molar-refractivity contribution is -0.126. The van der Waals surface area contributed by atoms with E-state index in [0.717, 1.165) is 12.1 Å². The maximum absolute atomic E-state index is 13.9. The molecule has 33 heavy (non-hydrogen) atoms. The highest BCUT2D eigenvalue weighted by Crippen LogP contribution is 2.29. The number of piperidine rings is 1. The first-order valence-electron chi connectivity index (χ1n) is 10.6. The molecule has 0 unspecified atom stereocenters. The van der Waals surface area contributed by atoms with Crippen LogP contribution in [-0.4, -0.2) is 57.1 Å².